The summed E-state index contributed by atoms with van der Waals surface area (Å²) in [5.41, 5.74) is 2.29. The van der Waals surface area contributed by atoms with Crippen LogP contribution in [0.15, 0.2) is 42.5 Å². The van der Waals surface area contributed by atoms with Gasteiger partial charge in [-0.1, -0.05) is 41.4 Å². The summed E-state index contributed by atoms with van der Waals surface area (Å²) in [4.78, 5) is 14.8. The molecule has 0 saturated carbocycles. The molecule has 6 nitrogen and oxygen atoms in total. The Balaban J connectivity index is 1.77. The van der Waals surface area contributed by atoms with Gasteiger partial charge in [-0.15, -0.1) is 0 Å². The highest BCUT2D eigenvalue weighted by Gasteiger charge is 2.22. The minimum atomic E-state index is -3.67. The molecule has 1 amide bonds. The largest absolute Gasteiger partial charge is 0.317 e. The van der Waals surface area contributed by atoms with Crippen LogP contribution >= 0.6 is 23.2 Å². The molecular formula is C22H27Cl2N3O3S. The topological polar surface area (TPSA) is 78.5 Å². The van der Waals surface area contributed by atoms with Crippen molar-refractivity contribution in [1.82, 2.24) is 14.9 Å². The lowest BCUT2D eigenvalue weighted by atomic mass is 10.0. The first-order valence-corrected chi connectivity index (χ1v) is 12.9. The molecule has 0 aromatic heterocycles. The number of hydrogen-bond acceptors (Lipinski definition) is 5. The van der Waals surface area contributed by atoms with Gasteiger partial charge in [-0.2, -0.15) is 0 Å². The third-order valence-electron chi connectivity index (χ3n) is 5.37. The summed E-state index contributed by atoms with van der Waals surface area (Å²) in [6, 6.07) is 13.5. The Bertz CT molecular complexity index is 1010. The number of nitrogens with one attached hydrogen (secondary N) is 2. The maximum Gasteiger partial charge on any atom is 0.266 e. The zero-order valence-corrected chi connectivity index (χ0v) is 19.7. The van der Waals surface area contributed by atoms with Crippen LogP contribution < -0.4 is 10.0 Å². The second-order valence-electron chi connectivity index (χ2n) is 7.85. The lowest BCUT2D eigenvalue weighted by Crippen LogP contribution is -2.43. The molecule has 1 aliphatic rings. The van der Waals surface area contributed by atoms with Crippen LogP contribution in [0.3, 0.4) is 0 Å². The minimum absolute atomic E-state index is 0.160. The number of nitrogens with zero attached hydrogens (tertiary/aromatic N) is 1. The summed E-state index contributed by atoms with van der Waals surface area (Å²) in [6.07, 6.45) is 3.93. The smallest absolute Gasteiger partial charge is 0.266 e. The number of carbonyl (C=O) groups excluding carboxylic acids is 1. The van der Waals surface area contributed by atoms with Crippen LogP contribution in [0.4, 0.5) is 0 Å². The second-order valence-corrected chi connectivity index (χ2v) is 10.4. The molecule has 1 heterocycles. The lowest BCUT2D eigenvalue weighted by Gasteiger charge is -2.35. The minimum Gasteiger partial charge on any atom is -0.317 e. The molecule has 1 aliphatic heterocycles. The van der Waals surface area contributed by atoms with Gasteiger partial charge < -0.3 is 5.32 Å². The molecule has 0 unspecified atom stereocenters. The van der Waals surface area contributed by atoms with Crippen molar-refractivity contribution in [2.24, 2.45) is 0 Å². The van der Waals surface area contributed by atoms with Crippen molar-refractivity contribution in [2.45, 2.75) is 31.8 Å². The molecule has 0 aliphatic carbocycles. The molecule has 0 atom stereocenters. The Morgan fingerprint density at radius 1 is 1.10 bits per heavy atom. The summed E-state index contributed by atoms with van der Waals surface area (Å²) in [5, 5.41) is 4.34. The number of benzene rings is 2. The Kier molecular flexibility index (Phi) is 8.36. The summed E-state index contributed by atoms with van der Waals surface area (Å²) in [7, 11) is -3.67. The molecule has 2 N–H and O–H groups in total. The highest BCUT2D eigenvalue weighted by molar-refractivity contribution is 7.89. The van der Waals surface area contributed by atoms with Gasteiger partial charge in [0.1, 0.15) is 0 Å². The molecule has 9 heteroatoms. The maximum atomic E-state index is 12.4. The maximum absolute atomic E-state index is 12.4. The summed E-state index contributed by atoms with van der Waals surface area (Å²) < 4.78 is 24.9. The van der Waals surface area contributed by atoms with E-state index in [9.17, 15) is 13.2 Å². The predicted octanol–water partition coefficient (Wildman–Crippen LogP) is 3.48. The summed E-state index contributed by atoms with van der Waals surface area (Å²) in [5.74, 6) is -0.719. The van der Waals surface area contributed by atoms with Crippen molar-refractivity contribution in [3.63, 3.8) is 0 Å². The normalized spacial score (nSPS) is 15.2. The molecule has 2 aromatic rings. The SMILES string of the molecule is CS(=O)(=O)NC(=O)c1cc(CN(CCc2ccc(Cl)cc2)C2CCNCC2)ccc1Cl. The van der Waals surface area contributed by atoms with Crippen molar-refractivity contribution in [3.8, 4) is 0 Å². The lowest BCUT2D eigenvalue weighted by molar-refractivity contribution is 0.0981. The summed E-state index contributed by atoms with van der Waals surface area (Å²) >= 11 is 12.2. The fourth-order valence-electron chi connectivity index (χ4n) is 3.79. The molecular weight excluding hydrogens is 457 g/mol. The van der Waals surface area contributed by atoms with Crippen molar-refractivity contribution in [2.75, 3.05) is 25.9 Å². The molecule has 3 rings (SSSR count). The molecule has 0 radical (unpaired) electrons. The third kappa shape index (κ3) is 7.47. The third-order valence-corrected chi connectivity index (χ3v) is 6.50. The van der Waals surface area contributed by atoms with Gasteiger partial charge in [0, 0.05) is 24.2 Å². The first-order valence-electron chi connectivity index (χ1n) is 10.2. The van der Waals surface area contributed by atoms with Crippen LogP contribution in [-0.4, -0.2) is 51.2 Å². The first kappa shape index (κ1) is 24.0. The second kappa shape index (κ2) is 10.8. The van der Waals surface area contributed by atoms with Gasteiger partial charge in [0.15, 0.2) is 0 Å². The number of rotatable bonds is 8. The zero-order chi connectivity index (χ0) is 22.4. The molecule has 0 bridgehead atoms. The van der Waals surface area contributed by atoms with Gasteiger partial charge in [-0.3, -0.25) is 9.69 Å². The Morgan fingerprint density at radius 3 is 2.39 bits per heavy atom. The number of hydrogen-bond donors (Lipinski definition) is 2. The number of sulfonamides is 1. The molecule has 31 heavy (non-hydrogen) atoms. The van der Waals surface area contributed by atoms with Crippen molar-refractivity contribution in [1.29, 1.82) is 0 Å². The molecule has 0 spiro atoms. The average Bonchev–Trinajstić information content (AvgIpc) is 2.73. The number of piperidine rings is 1. The zero-order valence-electron chi connectivity index (χ0n) is 17.4. The van der Waals surface area contributed by atoms with Crippen molar-refractivity contribution in [3.05, 3.63) is 69.2 Å². The van der Waals surface area contributed by atoms with E-state index in [2.05, 4.69) is 10.2 Å². The fraction of sp³-hybridized carbons (Fsp3) is 0.409. The van der Waals surface area contributed by atoms with E-state index in [0.717, 1.165) is 55.7 Å². The van der Waals surface area contributed by atoms with Crippen molar-refractivity contribution < 1.29 is 13.2 Å². The molecule has 168 valence electrons. The average molecular weight is 484 g/mol. The summed E-state index contributed by atoms with van der Waals surface area (Å²) in [6.45, 7) is 3.46. The number of amides is 1. The quantitative estimate of drug-likeness (QED) is 0.600. The van der Waals surface area contributed by atoms with Gasteiger partial charge >= 0.3 is 0 Å². The number of halogens is 2. The van der Waals surface area contributed by atoms with Gasteiger partial charge in [-0.25, -0.2) is 13.1 Å². The van der Waals surface area contributed by atoms with Crippen LogP contribution in [0, 0.1) is 0 Å². The van der Waals surface area contributed by atoms with Crippen molar-refractivity contribution >= 4 is 39.1 Å². The highest BCUT2D eigenvalue weighted by Crippen LogP contribution is 2.22. The Hall–Kier alpha value is -1.64. The monoisotopic (exact) mass is 483 g/mol. The number of carbonyl (C=O) groups is 1. The van der Waals surface area contributed by atoms with Crippen LogP contribution in [0.25, 0.3) is 0 Å². The van der Waals surface area contributed by atoms with E-state index in [1.807, 2.05) is 35.1 Å². The Morgan fingerprint density at radius 2 is 1.74 bits per heavy atom. The van der Waals surface area contributed by atoms with E-state index in [-0.39, 0.29) is 10.6 Å². The van der Waals surface area contributed by atoms with E-state index in [0.29, 0.717) is 12.6 Å². The highest BCUT2D eigenvalue weighted by atomic mass is 35.5. The van der Waals surface area contributed by atoms with E-state index in [4.69, 9.17) is 23.2 Å². The van der Waals surface area contributed by atoms with E-state index in [1.165, 1.54) is 5.56 Å². The molecule has 1 fully saturated rings. The molecule has 2 aromatic carbocycles. The van der Waals surface area contributed by atoms with Crippen LogP contribution in [0.2, 0.25) is 10.0 Å². The van der Waals surface area contributed by atoms with Gasteiger partial charge in [-0.05, 0) is 67.7 Å². The van der Waals surface area contributed by atoms with E-state index < -0.39 is 15.9 Å². The fourth-order valence-corrected chi connectivity index (χ4v) is 4.57. The van der Waals surface area contributed by atoms with E-state index >= 15 is 0 Å². The van der Waals surface area contributed by atoms with Gasteiger partial charge in [0.2, 0.25) is 10.0 Å². The van der Waals surface area contributed by atoms with Crippen LogP contribution in [0.1, 0.15) is 34.3 Å². The predicted molar refractivity (Wildman–Crippen MR) is 125 cm³/mol. The van der Waals surface area contributed by atoms with Gasteiger partial charge in [0.05, 0.1) is 16.8 Å². The van der Waals surface area contributed by atoms with Gasteiger partial charge in [0.25, 0.3) is 5.91 Å². The first-order chi connectivity index (χ1) is 14.7. The molecule has 1 saturated heterocycles. The van der Waals surface area contributed by atoms with Crippen LogP contribution in [-0.2, 0) is 23.0 Å². The Labute approximate surface area is 194 Å². The standard InChI is InChI=1S/C22H27Cl2N3O3S/c1-31(29,30)26-22(28)20-14-17(4-7-21(20)24)15-27(19-8-11-25-12-9-19)13-10-16-2-5-18(23)6-3-16/h2-7,14,19,25H,8-13,15H2,1H3,(H,26,28). The van der Waals surface area contributed by atoms with E-state index in [1.54, 1.807) is 12.1 Å². The van der Waals surface area contributed by atoms with Crippen LogP contribution in [0.5, 0.6) is 0 Å².